The number of anilines is 2. The molecule has 0 bridgehead atoms. The predicted molar refractivity (Wildman–Crippen MR) is 119 cm³/mol. The van der Waals surface area contributed by atoms with Gasteiger partial charge in [-0.3, -0.25) is 9.59 Å². The monoisotopic (exact) mass is 448 g/mol. The fraction of sp³-hybridized carbons (Fsp3) is 0.364. The minimum absolute atomic E-state index is 0.00422. The zero-order valence-electron chi connectivity index (χ0n) is 17.2. The lowest BCUT2D eigenvalue weighted by molar-refractivity contribution is -0.118. The molecular weight excluding hydrogens is 424 g/mol. The summed E-state index contributed by atoms with van der Waals surface area (Å²) in [5.41, 5.74) is 3.02. The van der Waals surface area contributed by atoms with Crippen LogP contribution in [0.4, 0.5) is 11.4 Å². The maximum absolute atomic E-state index is 12.8. The number of rotatable bonds is 6. The van der Waals surface area contributed by atoms with Crippen molar-refractivity contribution < 1.29 is 18.0 Å². The summed E-state index contributed by atoms with van der Waals surface area (Å²) < 4.78 is 25.5. The first-order valence-electron chi connectivity index (χ1n) is 9.86. The summed E-state index contributed by atoms with van der Waals surface area (Å²) in [4.78, 5) is 26.3. The fourth-order valence-electron chi connectivity index (χ4n) is 3.63. The summed E-state index contributed by atoms with van der Waals surface area (Å²) in [7, 11) is -3.64. The van der Waals surface area contributed by atoms with Crippen molar-refractivity contribution in [1.29, 1.82) is 0 Å². The number of sulfone groups is 1. The Kier molecular flexibility index (Phi) is 6.53. The molecule has 0 saturated heterocycles. The minimum atomic E-state index is -3.64. The molecule has 1 aliphatic heterocycles. The molecular formula is C22H25ClN2O4S. The highest BCUT2D eigenvalue weighted by Gasteiger charge is 2.31. The summed E-state index contributed by atoms with van der Waals surface area (Å²) in [6.07, 6.45) is 0.821. The van der Waals surface area contributed by atoms with Crippen LogP contribution in [-0.4, -0.2) is 32.0 Å². The van der Waals surface area contributed by atoms with Crippen LogP contribution in [0.1, 0.15) is 37.8 Å². The lowest BCUT2D eigenvalue weighted by Gasteiger charge is -2.22. The maximum atomic E-state index is 12.8. The van der Waals surface area contributed by atoms with E-state index in [0.717, 1.165) is 16.8 Å². The topological polar surface area (TPSA) is 83.6 Å². The Labute approximate surface area is 182 Å². The van der Waals surface area contributed by atoms with Crippen molar-refractivity contribution >= 4 is 44.6 Å². The Hall–Kier alpha value is -2.38. The Bertz CT molecular complexity index is 1100. The molecule has 6 nitrogen and oxygen atoms in total. The van der Waals surface area contributed by atoms with Crippen molar-refractivity contribution in [3.63, 3.8) is 0 Å². The highest BCUT2D eigenvalue weighted by atomic mass is 35.5. The van der Waals surface area contributed by atoms with Gasteiger partial charge in [-0.1, -0.05) is 24.6 Å². The van der Waals surface area contributed by atoms with Gasteiger partial charge in [0.15, 0.2) is 9.84 Å². The molecule has 2 aromatic carbocycles. The number of amides is 2. The third kappa shape index (κ3) is 4.68. The van der Waals surface area contributed by atoms with E-state index in [-0.39, 0.29) is 29.0 Å². The van der Waals surface area contributed by atoms with E-state index in [1.807, 2.05) is 19.9 Å². The number of nitrogens with one attached hydrogen (secondary N) is 1. The molecule has 2 aromatic rings. The van der Waals surface area contributed by atoms with E-state index in [2.05, 4.69) is 5.32 Å². The fourth-order valence-corrected chi connectivity index (χ4v) is 5.20. The van der Waals surface area contributed by atoms with E-state index in [4.69, 9.17) is 11.6 Å². The molecule has 8 heteroatoms. The van der Waals surface area contributed by atoms with Gasteiger partial charge in [-0.25, -0.2) is 8.42 Å². The molecule has 1 N–H and O–H groups in total. The SMILES string of the molecule is CCC(=O)N1c2ccc(S(=O)(=O)CCC(=O)Nc3ccc(C)cc3Cl)cc2C[C@H]1C. The lowest BCUT2D eigenvalue weighted by atomic mass is 10.1. The van der Waals surface area contributed by atoms with Gasteiger partial charge in [0.2, 0.25) is 11.8 Å². The van der Waals surface area contributed by atoms with Crippen LogP contribution in [0.2, 0.25) is 5.02 Å². The molecule has 0 unspecified atom stereocenters. The van der Waals surface area contributed by atoms with E-state index in [0.29, 0.717) is 23.6 Å². The Morgan fingerprint density at radius 1 is 1.20 bits per heavy atom. The van der Waals surface area contributed by atoms with Crippen molar-refractivity contribution in [3.8, 4) is 0 Å². The van der Waals surface area contributed by atoms with Crippen molar-refractivity contribution in [3.05, 3.63) is 52.5 Å². The van der Waals surface area contributed by atoms with E-state index < -0.39 is 15.7 Å². The van der Waals surface area contributed by atoms with Gasteiger partial charge in [0.05, 0.1) is 21.4 Å². The van der Waals surface area contributed by atoms with E-state index >= 15 is 0 Å². The molecule has 3 rings (SSSR count). The average Bonchev–Trinajstić information content (AvgIpc) is 3.03. The summed E-state index contributed by atoms with van der Waals surface area (Å²) in [6, 6.07) is 10.0. The second kappa shape index (κ2) is 8.78. The second-order valence-electron chi connectivity index (χ2n) is 7.56. The second-order valence-corrected chi connectivity index (χ2v) is 10.1. The van der Waals surface area contributed by atoms with Crippen molar-refractivity contribution in [2.24, 2.45) is 0 Å². The molecule has 1 heterocycles. The number of hydrogen-bond donors (Lipinski definition) is 1. The predicted octanol–water partition coefficient (Wildman–Crippen LogP) is 4.14. The molecule has 0 aromatic heterocycles. The first kappa shape index (κ1) is 22.3. The minimum Gasteiger partial charge on any atom is -0.325 e. The molecule has 0 fully saturated rings. The summed E-state index contributed by atoms with van der Waals surface area (Å²) in [5, 5.41) is 3.06. The van der Waals surface area contributed by atoms with Crippen LogP contribution in [0.15, 0.2) is 41.3 Å². The number of fused-ring (bicyclic) bond motifs is 1. The summed E-state index contributed by atoms with van der Waals surface area (Å²) in [6.45, 7) is 5.64. The smallest absolute Gasteiger partial charge is 0.226 e. The third-order valence-electron chi connectivity index (χ3n) is 5.19. The largest absolute Gasteiger partial charge is 0.325 e. The molecule has 0 saturated carbocycles. The number of nitrogens with zero attached hydrogens (tertiary/aromatic N) is 1. The Balaban J connectivity index is 1.70. The average molecular weight is 449 g/mol. The molecule has 30 heavy (non-hydrogen) atoms. The summed E-state index contributed by atoms with van der Waals surface area (Å²) in [5.74, 6) is -0.712. The maximum Gasteiger partial charge on any atom is 0.226 e. The third-order valence-corrected chi connectivity index (χ3v) is 7.22. The van der Waals surface area contributed by atoms with Gasteiger partial charge in [-0.2, -0.15) is 0 Å². The Morgan fingerprint density at radius 3 is 2.60 bits per heavy atom. The number of hydrogen-bond acceptors (Lipinski definition) is 4. The van der Waals surface area contributed by atoms with Gasteiger partial charge < -0.3 is 10.2 Å². The molecule has 0 radical (unpaired) electrons. The van der Waals surface area contributed by atoms with Crippen LogP contribution in [0.3, 0.4) is 0 Å². The first-order valence-corrected chi connectivity index (χ1v) is 11.9. The molecule has 0 aliphatic carbocycles. The number of aryl methyl sites for hydroxylation is 1. The first-order chi connectivity index (χ1) is 14.1. The van der Waals surface area contributed by atoms with Crippen LogP contribution >= 0.6 is 11.6 Å². The molecule has 0 spiro atoms. The number of benzene rings is 2. The van der Waals surface area contributed by atoms with Crippen LogP contribution in [-0.2, 0) is 25.8 Å². The van der Waals surface area contributed by atoms with E-state index in [1.165, 1.54) is 6.07 Å². The van der Waals surface area contributed by atoms with Crippen molar-refractivity contribution in [1.82, 2.24) is 0 Å². The molecule has 1 aliphatic rings. The number of carbonyl (C=O) groups excluding carboxylic acids is 2. The van der Waals surface area contributed by atoms with Crippen LogP contribution in [0.25, 0.3) is 0 Å². The lowest BCUT2D eigenvalue weighted by Crippen LogP contribution is -2.35. The van der Waals surface area contributed by atoms with Gasteiger partial charge in [0.1, 0.15) is 0 Å². The zero-order valence-corrected chi connectivity index (χ0v) is 18.8. The summed E-state index contributed by atoms with van der Waals surface area (Å²) >= 11 is 6.11. The normalized spacial score (nSPS) is 15.7. The van der Waals surface area contributed by atoms with Gasteiger partial charge in [0, 0.05) is 24.6 Å². The van der Waals surface area contributed by atoms with Crippen LogP contribution in [0, 0.1) is 6.92 Å². The highest BCUT2D eigenvalue weighted by molar-refractivity contribution is 7.91. The number of halogens is 1. The number of carbonyl (C=O) groups is 2. The standard InChI is InChI=1S/C22H25ClN2O4S/c1-4-22(27)25-15(3)12-16-13-17(6-8-20(16)25)30(28,29)10-9-21(26)24-19-7-5-14(2)11-18(19)23/h5-8,11,13,15H,4,9-10,12H2,1-3H3,(H,24,26)/t15-/m1/s1. The van der Waals surface area contributed by atoms with Gasteiger partial charge in [-0.05, 0) is 61.7 Å². The zero-order chi connectivity index (χ0) is 22.1. The van der Waals surface area contributed by atoms with Crippen LogP contribution in [0.5, 0.6) is 0 Å². The van der Waals surface area contributed by atoms with E-state index in [9.17, 15) is 18.0 Å². The molecule has 160 valence electrons. The van der Waals surface area contributed by atoms with Crippen molar-refractivity contribution in [2.75, 3.05) is 16.0 Å². The molecule has 1 atom stereocenters. The van der Waals surface area contributed by atoms with Crippen molar-refractivity contribution in [2.45, 2.75) is 51.0 Å². The van der Waals surface area contributed by atoms with E-state index in [1.54, 1.807) is 36.1 Å². The van der Waals surface area contributed by atoms with Crippen LogP contribution < -0.4 is 10.2 Å². The van der Waals surface area contributed by atoms with Gasteiger partial charge in [0.25, 0.3) is 0 Å². The Morgan fingerprint density at radius 2 is 1.93 bits per heavy atom. The quantitative estimate of drug-likeness (QED) is 0.719. The molecule has 2 amide bonds. The van der Waals surface area contributed by atoms with Gasteiger partial charge in [-0.15, -0.1) is 0 Å². The van der Waals surface area contributed by atoms with Gasteiger partial charge >= 0.3 is 0 Å². The highest BCUT2D eigenvalue weighted by Crippen LogP contribution is 2.34.